The summed E-state index contributed by atoms with van der Waals surface area (Å²) in [5, 5.41) is 0. The molecule has 0 aromatic heterocycles. The van der Waals surface area contributed by atoms with Gasteiger partial charge >= 0.3 is 5.97 Å². The monoisotopic (exact) mass is 289 g/mol. The summed E-state index contributed by atoms with van der Waals surface area (Å²) in [5.74, 6) is -0.293. The van der Waals surface area contributed by atoms with Crippen molar-refractivity contribution in [2.24, 2.45) is 5.92 Å². The van der Waals surface area contributed by atoms with Crippen LogP contribution in [0.25, 0.3) is 0 Å². The highest BCUT2D eigenvalue weighted by molar-refractivity contribution is 5.99. The third kappa shape index (κ3) is 2.53. The van der Waals surface area contributed by atoms with Crippen molar-refractivity contribution in [2.45, 2.75) is 19.3 Å². The Hall–Kier alpha value is -1.88. The van der Waals surface area contributed by atoms with Gasteiger partial charge in [0.2, 0.25) is 5.91 Å². The van der Waals surface area contributed by atoms with Gasteiger partial charge in [-0.15, -0.1) is 0 Å². The molecule has 0 spiro atoms. The fourth-order valence-corrected chi connectivity index (χ4v) is 3.10. The van der Waals surface area contributed by atoms with E-state index in [1.165, 1.54) is 7.11 Å². The molecule has 2 heterocycles. The fraction of sp³-hybridized carbons (Fsp3) is 0.500. The van der Waals surface area contributed by atoms with E-state index in [2.05, 4.69) is 0 Å². The van der Waals surface area contributed by atoms with Crippen molar-refractivity contribution in [3.63, 3.8) is 0 Å². The van der Waals surface area contributed by atoms with Crippen molar-refractivity contribution in [2.75, 3.05) is 31.8 Å². The van der Waals surface area contributed by atoms with Crippen LogP contribution in [0.5, 0.6) is 0 Å². The zero-order chi connectivity index (χ0) is 14.8. The molecule has 1 fully saturated rings. The number of anilines is 1. The number of hydrogen-bond acceptors (Lipinski definition) is 4. The average molecular weight is 289 g/mol. The first-order valence-corrected chi connectivity index (χ1v) is 7.31. The Bertz CT molecular complexity index is 563. The highest BCUT2D eigenvalue weighted by Gasteiger charge is 2.32. The van der Waals surface area contributed by atoms with Crippen molar-refractivity contribution in [1.82, 2.24) is 0 Å². The largest absolute Gasteiger partial charge is 0.465 e. The van der Waals surface area contributed by atoms with Gasteiger partial charge in [0, 0.05) is 18.8 Å². The summed E-state index contributed by atoms with van der Waals surface area (Å²) in [5.41, 5.74) is 2.33. The van der Waals surface area contributed by atoms with Crippen LogP contribution in [-0.2, 0) is 20.7 Å². The third-order valence-corrected chi connectivity index (χ3v) is 4.20. The maximum atomic E-state index is 12.6. The minimum Gasteiger partial charge on any atom is -0.465 e. The molecule has 1 aromatic rings. The van der Waals surface area contributed by atoms with Gasteiger partial charge in [-0.25, -0.2) is 4.79 Å². The zero-order valence-corrected chi connectivity index (χ0v) is 12.1. The summed E-state index contributed by atoms with van der Waals surface area (Å²) >= 11 is 0. The standard InChI is InChI=1S/C16H19NO4/c1-20-16(19)13-4-2-6-14-12(13)5-3-8-17(14)15(18)11-7-9-21-10-11/h2,4,6,11H,3,5,7-10H2,1H3. The molecule has 1 aromatic carbocycles. The van der Waals surface area contributed by atoms with Crippen molar-refractivity contribution in [3.8, 4) is 0 Å². The molecule has 21 heavy (non-hydrogen) atoms. The van der Waals surface area contributed by atoms with Crippen molar-refractivity contribution < 1.29 is 19.1 Å². The fourth-order valence-electron chi connectivity index (χ4n) is 3.10. The van der Waals surface area contributed by atoms with Gasteiger partial charge < -0.3 is 14.4 Å². The number of nitrogens with zero attached hydrogens (tertiary/aromatic N) is 1. The smallest absolute Gasteiger partial charge is 0.338 e. The number of carbonyl (C=O) groups excluding carboxylic acids is 2. The van der Waals surface area contributed by atoms with Gasteiger partial charge in [-0.2, -0.15) is 0 Å². The lowest BCUT2D eigenvalue weighted by molar-refractivity contribution is -0.122. The third-order valence-electron chi connectivity index (χ3n) is 4.20. The van der Waals surface area contributed by atoms with Gasteiger partial charge in [-0.1, -0.05) is 6.07 Å². The number of rotatable bonds is 2. The van der Waals surface area contributed by atoms with Crippen LogP contribution in [0, 0.1) is 5.92 Å². The Kier molecular flexibility index (Phi) is 3.92. The Morgan fingerprint density at radius 1 is 1.38 bits per heavy atom. The number of amides is 1. The molecule has 0 N–H and O–H groups in total. The first-order valence-electron chi connectivity index (χ1n) is 7.31. The second kappa shape index (κ2) is 5.85. The molecule has 3 rings (SSSR count). The summed E-state index contributed by atoms with van der Waals surface area (Å²) in [6.45, 7) is 1.85. The molecule has 5 heteroatoms. The van der Waals surface area contributed by atoms with E-state index in [1.54, 1.807) is 6.07 Å². The summed E-state index contributed by atoms with van der Waals surface area (Å²) < 4.78 is 10.2. The number of fused-ring (bicyclic) bond motifs is 1. The van der Waals surface area contributed by atoms with Crippen molar-refractivity contribution in [3.05, 3.63) is 29.3 Å². The first kappa shape index (κ1) is 14.1. The molecule has 2 aliphatic heterocycles. The van der Waals surface area contributed by atoms with E-state index in [1.807, 2.05) is 17.0 Å². The number of carbonyl (C=O) groups is 2. The molecule has 112 valence electrons. The molecular formula is C16H19NO4. The zero-order valence-electron chi connectivity index (χ0n) is 12.1. The topological polar surface area (TPSA) is 55.8 Å². The van der Waals surface area contributed by atoms with Crippen LogP contribution in [0.2, 0.25) is 0 Å². The van der Waals surface area contributed by atoms with Gasteiger partial charge in [-0.05, 0) is 37.0 Å². The number of hydrogen-bond donors (Lipinski definition) is 0. The molecule has 1 unspecified atom stereocenters. The van der Waals surface area contributed by atoms with Gasteiger partial charge in [-0.3, -0.25) is 4.79 Å². The average Bonchev–Trinajstić information content (AvgIpc) is 3.06. The highest BCUT2D eigenvalue weighted by Crippen LogP contribution is 2.32. The Labute approximate surface area is 123 Å². The van der Waals surface area contributed by atoms with Gasteiger partial charge in [0.05, 0.1) is 25.2 Å². The summed E-state index contributed by atoms with van der Waals surface area (Å²) in [6, 6.07) is 5.48. The Balaban J connectivity index is 1.94. The van der Waals surface area contributed by atoms with Crippen LogP contribution >= 0.6 is 0 Å². The normalized spacial score (nSPS) is 21.0. The van der Waals surface area contributed by atoms with E-state index in [0.717, 1.165) is 30.5 Å². The van der Waals surface area contributed by atoms with Crippen molar-refractivity contribution >= 4 is 17.6 Å². The van der Waals surface area contributed by atoms with Crippen molar-refractivity contribution in [1.29, 1.82) is 0 Å². The molecule has 0 aliphatic carbocycles. The number of esters is 1. The van der Waals surface area contributed by atoms with Crippen LogP contribution in [0.15, 0.2) is 18.2 Å². The Morgan fingerprint density at radius 3 is 2.95 bits per heavy atom. The molecule has 1 amide bonds. The van der Waals surface area contributed by atoms with Gasteiger partial charge in [0.1, 0.15) is 0 Å². The van der Waals surface area contributed by atoms with Gasteiger partial charge in [0.25, 0.3) is 0 Å². The summed E-state index contributed by atoms with van der Waals surface area (Å²) in [4.78, 5) is 26.3. The second-order valence-corrected chi connectivity index (χ2v) is 5.45. The van der Waals surface area contributed by atoms with E-state index in [-0.39, 0.29) is 17.8 Å². The maximum Gasteiger partial charge on any atom is 0.338 e. The van der Waals surface area contributed by atoms with E-state index >= 15 is 0 Å². The number of ether oxygens (including phenoxy) is 2. The molecule has 5 nitrogen and oxygen atoms in total. The lowest BCUT2D eigenvalue weighted by atomic mass is 9.95. The number of benzene rings is 1. The molecule has 0 radical (unpaired) electrons. The molecule has 1 atom stereocenters. The highest BCUT2D eigenvalue weighted by atomic mass is 16.5. The van der Waals surface area contributed by atoms with Crippen LogP contribution < -0.4 is 4.90 Å². The molecule has 0 bridgehead atoms. The van der Waals surface area contributed by atoms with Gasteiger partial charge in [0.15, 0.2) is 0 Å². The van der Waals surface area contributed by atoms with Crippen LogP contribution in [-0.4, -0.2) is 38.7 Å². The predicted molar refractivity (Wildman–Crippen MR) is 77.4 cm³/mol. The van der Waals surface area contributed by atoms with Crippen LogP contribution in [0.1, 0.15) is 28.8 Å². The molecular weight excluding hydrogens is 270 g/mol. The summed E-state index contributed by atoms with van der Waals surface area (Å²) in [7, 11) is 1.38. The van der Waals surface area contributed by atoms with E-state index < -0.39 is 0 Å². The van der Waals surface area contributed by atoms with E-state index in [4.69, 9.17) is 9.47 Å². The quantitative estimate of drug-likeness (QED) is 0.779. The lowest BCUT2D eigenvalue weighted by Gasteiger charge is -2.32. The second-order valence-electron chi connectivity index (χ2n) is 5.45. The SMILES string of the molecule is COC(=O)c1cccc2c1CCCN2C(=O)C1CCOC1. The van der Waals surface area contributed by atoms with Crippen LogP contribution in [0.3, 0.4) is 0 Å². The lowest BCUT2D eigenvalue weighted by Crippen LogP contribution is -2.40. The van der Waals surface area contributed by atoms with E-state index in [0.29, 0.717) is 25.3 Å². The first-order chi connectivity index (χ1) is 10.2. The van der Waals surface area contributed by atoms with Crippen LogP contribution in [0.4, 0.5) is 5.69 Å². The molecule has 1 saturated heterocycles. The molecule has 2 aliphatic rings. The Morgan fingerprint density at radius 2 is 2.24 bits per heavy atom. The minimum absolute atomic E-state index is 0.0577. The predicted octanol–water partition coefficient (Wildman–Crippen LogP) is 1.79. The van der Waals surface area contributed by atoms with E-state index in [9.17, 15) is 9.59 Å². The number of methoxy groups -OCH3 is 1. The maximum absolute atomic E-state index is 12.6. The molecule has 0 saturated carbocycles. The minimum atomic E-state index is -0.342. The summed E-state index contributed by atoms with van der Waals surface area (Å²) in [6.07, 6.45) is 2.44.